The Balaban J connectivity index is 2.23. The molecule has 1 heterocycles. The molecule has 1 N–H and O–H groups in total. The minimum absolute atomic E-state index is 0.307. The lowest BCUT2D eigenvalue weighted by molar-refractivity contribution is 0.148. The van der Waals surface area contributed by atoms with Crippen molar-refractivity contribution in [3.8, 4) is 0 Å². The number of hydrogen-bond donors (Lipinski definition) is 1. The normalized spacial score (nSPS) is 11.1. The third-order valence-corrected chi connectivity index (χ3v) is 3.55. The molecule has 19 heavy (non-hydrogen) atoms. The van der Waals surface area contributed by atoms with Crippen molar-refractivity contribution in [3.63, 3.8) is 0 Å². The maximum atomic E-state index is 13.6. The van der Waals surface area contributed by atoms with Crippen LogP contribution in [-0.4, -0.2) is 22.8 Å². The number of fused-ring (bicyclic) bond motifs is 1. The lowest BCUT2D eigenvalue weighted by atomic mass is 10.3. The predicted octanol–water partition coefficient (Wildman–Crippen LogP) is 4.19. The Bertz CT molecular complexity index is 677. The molecule has 0 atom stereocenters. The second-order valence-corrected chi connectivity index (χ2v) is 5.62. The Morgan fingerprint density at radius 2 is 2.32 bits per heavy atom. The largest absolute Gasteiger partial charge is 0.375 e. The third kappa shape index (κ3) is 3.32. The molecule has 0 amide bonds. The van der Waals surface area contributed by atoms with Crippen molar-refractivity contribution in [2.75, 3.05) is 13.2 Å². The Morgan fingerprint density at radius 1 is 1.58 bits per heavy atom. The fourth-order valence-corrected chi connectivity index (χ4v) is 2.42. The maximum Gasteiger partial charge on any atom is 0.178 e. The molecule has 1 aromatic heterocycles. The summed E-state index contributed by atoms with van der Waals surface area (Å²) < 4.78 is 21.8. The zero-order valence-electron chi connectivity index (χ0n) is 10.5. The Kier molecular flexibility index (Phi) is 4.54. The maximum absolute atomic E-state index is 13.6. The fraction of sp³-hybridized carbons (Fsp3) is 0.308. The van der Waals surface area contributed by atoms with Gasteiger partial charge in [0.2, 0.25) is 0 Å². The van der Waals surface area contributed by atoms with E-state index in [1.54, 1.807) is 6.07 Å². The van der Waals surface area contributed by atoms with Crippen LogP contribution in [0.3, 0.4) is 0 Å². The summed E-state index contributed by atoms with van der Waals surface area (Å²) in [7, 11) is 0. The highest BCUT2D eigenvalue weighted by Gasteiger charge is 2.08. The van der Waals surface area contributed by atoms with E-state index in [0.717, 1.165) is 16.6 Å². The van der Waals surface area contributed by atoms with Crippen molar-refractivity contribution in [1.82, 2.24) is 9.55 Å². The van der Waals surface area contributed by atoms with Crippen molar-refractivity contribution in [2.45, 2.75) is 13.5 Å². The van der Waals surface area contributed by atoms with E-state index in [1.807, 2.05) is 11.5 Å². The average Bonchev–Trinajstić information content (AvgIpc) is 2.61. The van der Waals surface area contributed by atoms with E-state index in [1.165, 1.54) is 6.07 Å². The van der Waals surface area contributed by atoms with E-state index in [2.05, 4.69) is 27.5 Å². The monoisotopic (exact) mass is 344 g/mol. The van der Waals surface area contributed by atoms with Crippen LogP contribution in [0.5, 0.6) is 0 Å². The number of halogens is 2. The molecule has 1 aromatic carbocycles. The summed E-state index contributed by atoms with van der Waals surface area (Å²) in [5.74, 6) is -0.307. The molecule has 6 heteroatoms. The van der Waals surface area contributed by atoms with Crippen molar-refractivity contribution in [3.05, 3.63) is 39.3 Å². The highest BCUT2D eigenvalue weighted by Crippen LogP contribution is 2.23. The fourth-order valence-electron chi connectivity index (χ4n) is 1.78. The van der Waals surface area contributed by atoms with Gasteiger partial charge in [0.1, 0.15) is 5.82 Å². The topological polar surface area (TPSA) is 29.9 Å². The number of hydrogen-bond acceptors (Lipinski definition) is 2. The Morgan fingerprint density at radius 3 is 3.00 bits per heavy atom. The van der Waals surface area contributed by atoms with Crippen LogP contribution < -0.4 is 0 Å². The van der Waals surface area contributed by atoms with Crippen LogP contribution in [0.4, 0.5) is 4.39 Å². The molecule has 0 aliphatic heterocycles. The first-order valence-corrected chi connectivity index (χ1v) is 6.99. The van der Waals surface area contributed by atoms with Crippen LogP contribution >= 0.6 is 28.1 Å². The summed E-state index contributed by atoms with van der Waals surface area (Å²) in [6.45, 7) is 7.28. The first kappa shape index (κ1) is 14.4. The molecule has 2 aromatic rings. The number of nitrogens with one attached hydrogen (secondary N) is 1. The molecule has 3 nitrogen and oxygen atoms in total. The van der Waals surface area contributed by atoms with E-state index in [-0.39, 0.29) is 5.82 Å². The van der Waals surface area contributed by atoms with Gasteiger partial charge in [-0.25, -0.2) is 4.39 Å². The number of H-pyrrole nitrogens is 1. The number of nitrogens with zero attached hydrogens (tertiary/aromatic N) is 1. The quantitative estimate of drug-likeness (QED) is 0.500. The smallest absolute Gasteiger partial charge is 0.178 e. The van der Waals surface area contributed by atoms with Gasteiger partial charge >= 0.3 is 0 Å². The summed E-state index contributed by atoms with van der Waals surface area (Å²) in [5, 5.41) is 0. The average molecular weight is 345 g/mol. The van der Waals surface area contributed by atoms with Gasteiger partial charge in [-0.1, -0.05) is 12.2 Å². The van der Waals surface area contributed by atoms with Gasteiger partial charge in [0.05, 0.1) is 28.7 Å². The van der Waals surface area contributed by atoms with E-state index in [9.17, 15) is 4.39 Å². The third-order valence-electron chi connectivity index (χ3n) is 2.62. The number of benzene rings is 1. The van der Waals surface area contributed by atoms with E-state index in [0.29, 0.717) is 29.0 Å². The molecule has 0 spiro atoms. The molecule has 0 saturated carbocycles. The minimum atomic E-state index is -0.307. The number of rotatable bonds is 5. The molecule has 0 bridgehead atoms. The number of ether oxygens (including phenoxy) is 1. The molecule has 0 aliphatic rings. The van der Waals surface area contributed by atoms with Crippen molar-refractivity contribution in [2.24, 2.45) is 0 Å². The number of aromatic nitrogens is 2. The highest BCUT2D eigenvalue weighted by molar-refractivity contribution is 9.10. The summed E-state index contributed by atoms with van der Waals surface area (Å²) in [4.78, 5) is 3.05. The zero-order chi connectivity index (χ0) is 14.0. The summed E-state index contributed by atoms with van der Waals surface area (Å²) >= 11 is 8.39. The van der Waals surface area contributed by atoms with Crippen LogP contribution in [-0.2, 0) is 11.3 Å². The standard InChI is InChI=1S/C13H14BrFN2OS/c1-8(2)7-18-4-3-17-12-6-10(15)9(14)5-11(12)16-13(17)19/h5-6H,1,3-4,7H2,2H3,(H,16,19). The molecule has 0 saturated heterocycles. The first-order chi connectivity index (χ1) is 8.99. The van der Waals surface area contributed by atoms with Gasteiger partial charge in [-0.05, 0) is 41.1 Å². The van der Waals surface area contributed by atoms with Crippen molar-refractivity contribution >= 4 is 39.2 Å². The van der Waals surface area contributed by atoms with E-state index in [4.69, 9.17) is 17.0 Å². The zero-order valence-corrected chi connectivity index (χ0v) is 12.9. The second kappa shape index (κ2) is 5.98. The van der Waals surface area contributed by atoms with Crippen LogP contribution in [0.1, 0.15) is 6.92 Å². The molecular weight excluding hydrogens is 331 g/mol. The van der Waals surface area contributed by atoms with E-state index >= 15 is 0 Å². The van der Waals surface area contributed by atoms with Crippen LogP contribution in [0.2, 0.25) is 0 Å². The number of imidazole rings is 1. The molecular formula is C13H14BrFN2OS. The van der Waals surface area contributed by atoms with Gasteiger partial charge in [0, 0.05) is 12.6 Å². The highest BCUT2D eigenvalue weighted by atomic mass is 79.9. The lowest BCUT2D eigenvalue weighted by Gasteiger charge is -2.06. The van der Waals surface area contributed by atoms with Gasteiger partial charge in [-0.15, -0.1) is 0 Å². The van der Waals surface area contributed by atoms with Gasteiger partial charge < -0.3 is 14.3 Å². The predicted molar refractivity (Wildman–Crippen MR) is 80.4 cm³/mol. The van der Waals surface area contributed by atoms with Crippen molar-refractivity contribution in [1.29, 1.82) is 0 Å². The molecule has 0 unspecified atom stereocenters. The summed E-state index contributed by atoms with van der Waals surface area (Å²) in [5.41, 5.74) is 2.51. The molecule has 0 radical (unpaired) electrons. The van der Waals surface area contributed by atoms with E-state index < -0.39 is 0 Å². The minimum Gasteiger partial charge on any atom is -0.375 e. The van der Waals surface area contributed by atoms with Crippen LogP contribution in [0.25, 0.3) is 11.0 Å². The summed E-state index contributed by atoms with van der Waals surface area (Å²) in [6, 6.07) is 3.15. The molecule has 2 rings (SSSR count). The Labute approximate surface area is 124 Å². The van der Waals surface area contributed by atoms with Gasteiger partial charge in [-0.3, -0.25) is 0 Å². The lowest BCUT2D eigenvalue weighted by Crippen LogP contribution is -2.07. The van der Waals surface area contributed by atoms with Crippen LogP contribution in [0, 0.1) is 10.6 Å². The van der Waals surface area contributed by atoms with Gasteiger partial charge in [0.15, 0.2) is 4.77 Å². The molecule has 102 valence electrons. The van der Waals surface area contributed by atoms with Gasteiger partial charge in [-0.2, -0.15) is 0 Å². The van der Waals surface area contributed by atoms with Crippen molar-refractivity contribution < 1.29 is 9.13 Å². The van der Waals surface area contributed by atoms with Gasteiger partial charge in [0.25, 0.3) is 0 Å². The SMILES string of the molecule is C=C(C)COCCn1c(=S)[nH]c2cc(Br)c(F)cc21. The number of aromatic amines is 1. The summed E-state index contributed by atoms with van der Waals surface area (Å²) in [6.07, 6.45) is 0. The second-order valence-electron chi connectivity index (χ2n) is 4.37. The Hall–Kier alpha value is -0.980. The molecule has 0 fully saturated rings. The van der Waals surface area contributed by atoms with Crippen LogP contribution in [0.15, 0.2) is 28.8 Å². The molecule has 0 aliphatic carbocycles. The first-order valence-electron chi connectivity index (χ1n) is 5.78.